The summed E-state index contributed by atoms with van der Waals surface area (Å²) in [7, 11) is 0. The molecule has 106 valence electrons. The lowest BCUT2D eigenvalue weighted by atomic mass is 10.2. The summed E-state index contributed by atoms with van der Waals surface area (Å²) in [5.74, 6) is 0. The van der Waals surface area contributed by atoms with Gasteiger partial charge in [0.25, 0.3) is 0 Å². The highest BCUT2D eigenvalue weighted by atomic mass is 14.1. The predicted molar refractivity (Wildman–Crippen MR) is 85.0 cm³/mol. The lowest BCUT2D eigenvalue weighted by Crippen LogP contribution is -1.68. The maximum atomic E-state index is 2.38. The van der Waals surface area contributed by atoms with Gasteiger partial charge < -0.3 is 0 Å². The van der Waals surface area contributed by atoms with Gasteiger partial charge in [0.05, 0.1) is 0 Å². The maximum absolute atomic E-state index is 2.38. The molecule has 2 aliphatic carbocycles. The molecule has 0 amide bonds. The Hall–Kier alpha value is -0.520. The Kier molecular flexibility index (Phi) is 12.6. The van der Waals surface area contributed by atoms with Crippen molar-refractivity contribution in [3.63, 3.8) is 0 Å². The number of allylic oxidation sites excluding steroid dienone is 4. The molecular formula is C18H34. The second-order valence-electron chi connectivity index (χ2n) is 5.34. The first kappa shape index (κ1) is 17.5. The van der Waals surface area contributed by atoms with Gasteiger partial charge in [0.2, 0.25) is 0 Å². The van der Waals surface area contributed by atoms with Gasteiger partial charge >= 0.3 is 0 Å². The molecule has 0 radical (unpaired) electrons. The van der Waals surface area contributed by atoms with Gasteiger partial charge in [-0.3, -0.25) is 0 Å². The van der Waals surface area contributed by atoms with Crippen molar-refractivity contribution >= 4 is 0 Å². The Morgan fingerprint density at radius 1 is 0.778 bits per heavy atom. The smallest absolute Gasteiger partial charge is 0.0320 e. The molecule has 18 heavy (non-hydrogen) atoms. The van der Waals surface area contributed by atoms with Crippen LogP contribution in [0.2, 0.25) is 0 Å². The Morgan fingerprint density at radius 3 is 1.44 bits per heavy atom. The van der Waals surface area contributed by atoms with E-state index >= 15 is 0 Å². The van der Waals surface area contributed by atoms with E-state index < -0.39 is 0 Å². The van der Waals surface area contributed by atoms with Crippen molar-refractivity contribution in [2.24, 2.45) is 0 Å². The predicted octanol–water partition coefficient (Wildman–Crippen LogP) is 6.82. The van der Waals surface area contributed by atoms with E-state index in [1.165, 1.54) is 64.2 Å². The van der Waals surface area contributed by atoms with Crippen LogP contribution in [0.25, 0.3) is 0 Å². The van der Waals surface area contributed by atoms with E-state index in [-0.39, 0.29) is 0 Å². The first-order chi connectivity index (χ1) is 8.78. The molecule has 0 N–H and O–H groups in total. The van der Waals surface area contributed by atoms with Crippen LogP contribution in [-0.2, 0) is 0 Å². The molecule has 0 heteroatoms. The van der Waals surface area contributed by atoms with Crippen molar-refractivity contribution in [2.45, 2.75) is 91.9 Å². The van der Waals surface area contributed by atoms with Gasteiger partial charge in [0.1, 0.15) is 0 Å². The molecule has 0 aromatic carbocycles. The summed E-state index contributed by atoms with van der Waals surface area (Å²) in [6.07, 6.45) is 18.4. The largest absolute Gasteiger partial charge is 0.0885 e. The molecule has 0 aromatic heterocycles. The van der Waals surface area contributed by atoms with Crippen molar-refractivity contribution in [1.29, 1.82) is 0 Å². The van der Waals surface area contributed by atoms with Crippen LogP contribution in [0, 0.1) is 0 Å². The third-order valence-electron chi connectivity index (χ3n) is 3.39. The SMILES string of the molecule is CC=C1CCCC1.CCC.CCC=C1CCCC1. The lowest BCUT2D eigenvalue weighted by molar-refractivity contribution is 0.886. The summed E-state index contributed by atoms with van der Waals surface area (Å²) in [5, 5.41) is 0. The minimum atomic E-state index is 1.23. The lowest BCUT2D eigenvalue weighted by Gasteiger charge is -1.89. The molecule has 0 saturated heterocycles. The summed E-state index contributed by atoms with van der Waals surface area (Å²) < 4.78 is 0. The molecule has 2 saturated carbocycles. The second-order valence-corrected chi connectivity index (χ2v) is 5.34. The summed E-state index contributed by atoms with van der Waals surface area (Å²) in [4.78, 5) is 0. The molecule has 2 rings (SSSR count). The Bertz CT molecular complexity index is 216. The average Bonchev–Trinajstić information content (AvgIpc) is 3.04. The quantitative estimate of drug-likeness (QED) is 0.448. The highest BCUT2D eigenvalue weighted by Gasteiger charge is 2.04. The molecule has 0 unspecified atom stereocenters. The molecule has 2 aliphatic rings. The van der Waals surface area contributed by atoms with Crippen LogP contribution < -0.4 is 0 Å². The fraction of sp³-hybridized carbons (Fsp3) is 0.778. The third kappa shape index (κ3) is 9.50. The van der Waals surface area contributed by atoms with Crippen molar-refractivity contribution in [1.82, 2.24) is 0 Å². The average molecular weight is 250 g/mol. The zero-order valence-electron chi connectivity index (χ0n) is 13.2. The highest BCUT2D eigenvalue weighted by molar-refractivity contribution is 5.05. The molecule has 0 spiro atoms. The van der Waals surface area contributed by atoms with E-state index in [1.54, 1.807) is 11.1 Å². The zero-order valence-corrected chi connectivity index (χ0v) is 13.2. The minimum absolute atomic E-state index is 1.23. The molecule has 0 atom stereocenters. The van der Waals surface area contributed by atoms with Gasteiger partial charge in [-0.1, -0.05) is 50.5 Å². The van der Waals surface area contributed by atoms with Crippen molar-refractivity contribution in [3.8, 4) is 0 Å². The molecule has 0 aliphatic heterocycles. The van der Waals surface area contributed by atoms with E-state index in [1.807, 2.05) is 0 Å². The van der Waals surface area contributed by atoms with Gasteiger partial charge in [0, 0.05) is 0 Å². The number of hydrogen-bond acceptors (Lipinski definition) is 0. The summed E-state index contributed by atoms with van der Waals surface area (Å²) in [5.41, 5.74) is 3.37. The first-order valence-electron chi connectivity index (χ1n) is 8.10. The van der Waals surface area contributed by atoms with Crippen molar-refractivity contribution in [2.75, 3.05) is 0 Å². The van der Waals surface area contributed by atoms with Crippen LogP contribution in [0.4, 0.5) is 0 Å². The second kappa shape index (κ2) is 12.9. The Labute approximate surface area is 116 Å². The van der Waals surface area contributed by atoms with E-state index in [0.29, 0.717) is 0 Å². The molecule has 0 heterocycles. The zero-order chi connectivity index (χ0) is 13.6. The fourth-order valence-corrected chi connectivity index (χ4v) is 2.44. The summed E-state index contributed by atoms with van der Waals surface area (Å²) in [6, 6.07) is 0. The van der Waals surface area contributed by atoms with E-state index in [2.05, 4.69) is 39.8 Å². The highest BCUT2D eigenvalue weighted by Crippen LogP contribution is 2.23. The van der Waals surface area contributed by atoms with Crippen LogP contribution in [0.5, 0.6) is 0 Å². The van der Waals surface area contributed by atoms with Gasteiger partial charge in [-0.05, 0) is 64.7 Å². The van der Waals surface area contributed by atoms with E-state index in [4.69, 9.17) is 0 Å². The van der Waals surface area contributed by atoms with Crippen LogP contribution in [0.3, 0.4) is 0 Å². The maximum Gasteiger partial charge on any atom is -0.0320 e. The standard InChI is InChI=1S/C8H14.C7H12.C3H8/c1-2-5-8-6-3-4-7-8;1-2-7-5-3-4-6-7;1-3-2/h5H,2-4,6-7H2,1H3;2H,3-6H2,1H3;3H2,1-2H3. The molecule has 2 fully saturated rings. The Balaban J connectivity index is 0.000000267. The van der Waals surface area contributed by atoms with Gasteiger partial charge in [-0.25, -0.2) is 0 Å². The van der Waals surface area contributed by atoms with Gasteiger partial charge in [-0.15, -0.1) is 0 Å². The topological polar surface area (TPSA) is 0 Å². The van der Waals surface area contributed by atoms with E-state index in [0.717, 1.165) is 0 Å². The molecular weight excluding hydrogens is 216 g/mol. The van der Waals surface area contributed by atoms with E-state index in [9.17, 15) is 0 Å². The summed E-state index contributed by atoms with van der Waals surface area (Å²) >= 11 is 0. The van der Waals surface area contributed by atoms with Gasteiger partial charge in [-0.2, -0.15) is 0 Å². The molecule has 0 bridgehead atoms. The van der Waals surface area contributed by atoms with Gasteiger partial charge in [0.15, 0.2) is 0 Å². The number of hydrogen-bond donors (Lipinski definition) is 0. The summed E-state index contributed by atoms with van der Waals surface area (Å²) in [6.45, 7) is 8.60. The van der Waals surface area contributed by atoms with Crippen LogP contribution in [0.1, 0.15) is 91.9 Å². The first-order valence-corrected chi connectivity index (χ1v) is 8.10. The van der Waals surface area contributed by atoms with Crippen molar-refractivity contribution in [3.05, 3.63) is 23.3 Å². The minimum Gasteiger partial charge on any atom is -0.0885 e. The molecule has 0 aromatic rings. The monoisotopic (exact) mass is 250 g/mol. The Morgan fingerprint density at radius 2 is 1.17 bits per heavy atom. The van der Waals surface area contributed by atoms with Crippen LogP contribution in [-0.4, -0.2) is 0 Å². The molecule has 0 nitrogen and oxygen atoms in total. The fourth-order valence-electron chi connectivity index (χ4n) is 2.44. The normalized spacial score (nSPS) is 17.6. The third-order valence-corrected chi connectivity index (χ3v) is 3.39. The van der Waals surface area contributed by atoms with Crippen LogP contribution >= 0.6 is 0 Å². The van der Waals surface area contributed by atoms with Crippen molar-refractivity contribution < 1.29 is 0 Å². The van der Waals surface area contributed by atoms with Crippen LogP contribution in [0.15, 0.2) is 23.3 Å². The number of rotatable bonds is 1.